The van der Waals surface area contributed by atoms with Gasteiger partial charge in [-0.05, 0) is 24.3 Å². The second kappa shape index (κ2) is 7.72. The predicted octanol–water partition coefficient (Wildman–Crippen LogP) is 1.02. The van der Waals surface area contributed by atoms with Crippen molar-refractivity contribution in [3.05, 3.63) is 60.8 Å². The Bertz CT molecular complexity index is 1110. The number of amides is 1. The molecule has 1 aliphatic heterocycles. The zero-order valence-electron chi connectivity index (χ0n) is 15.8. The van der Waals surface area contributed by atoms with Gasteiger partial charge in [0.15, 0.2) is 0 Å². The summed E-state index contributed by atoms with van der Waals surface area (Å²) in [6.45, 7) is 1.03. The fourth-order valence-electron chi connectivity index (χ4n) is 3.28. The van der Waals surface area contributed by atoms with Crippen molar-refractivity contribution in [2.45, 2.75) is 4.90 Å². The van der Waals surface area contributed by atoms with Crippen molar-refractivity contribution < 1.29 is 13.2 Å². The zero-order valence-corrected chi connectivity index (χ0v) is 16.7. The van der Waals surface area contributed by atoms with Gasteiger partial charge in [-0.15, -0.1) is 0 Å². The van der Waals surface area contributed by atoms with Crippen molar-refractivity contribution in [2.75, 3.05) is 26.2 Å². The van der Waals surface area contributed by atoms with E-state index >= 15 is 0 Å². The summed E-state index contributed by atoms with van der Waals surface area (Å²) >= 11 is 0. The second-order valence-corrected chi connectivity index (χ2v) is 8.57. The molecule has 1 fully saturated rings. The van der Waals surface area contributed by atoms with Crippen molar-refractivity contribution in [1.29, 1.82) is 0 Å². The summed E-state index contributed by atoms with van der Waals surface area (Å²) in [7, 11) is -2.08. The lowest BCUT2D eigenvalue weighted by Gasteiger charge is -2.33. The number of pyridine rings is 2. The van der Waals surface area contributed by atoms with Crippen LogP contribution in [0.2, 0.25) is 0 Å². The Labute approximate surface area is 168 Å². The maximum Gasteiger partial charge on any atom is 0.272 e. The summed E-state index contributed by atoms with van der Waals surface area (Å²) in [5, 5.41) is 4.32. The Balaban J connectivity index is 1.54. The van der Waals surface area contributed by atoms with Crippen LogP contribution in [-0.4, -0.2) is 69.5 Å². The maximum absolute atomic E-state index is 13.3. The highest BCUT2D eigenvalue weighted by atomic mass is 32.2. The number of carbonyl (C=O) groups excluding carboxylic acids is 1. The summed E-state index contributed by atoms with van der Waals surface area (Å²) in [4.78, 5) is 22.4. The lowest BCUT2D eigenvalue weighted by atomic mass is 10.2. The molecule has 0 saturated carbocycles. The quantitative estimate of drug-likeness (QED) is 0.634. The SMILES string of the molecule is Cn1cc(S(=O)(=O)N2CCN(C(=O)c3ccccn3)CC2)c(-c2cccnc2)n1. The van der Waals surface area contributed by atoms with Gasteiger partial charge in [0.1, 0.15) is 16.3 Å². The van der Waals surface area contributed by atoms with Crippen LogP contribution in [0, 0.1) is 0 Å². The van der Waals surface area contributed by atoms with Crippen molar-refractivity contribution in [3.63, 3.8) is 0 Å². The molecule has 0 aromatic carbocycles. The fourth-order valence-corrected chi connectivity index (χ4v) is 4.89. The molecule has 0 aliphatic carbocycles. The van der Waals surface area contributed by atoms with E-state index in [0.29, 0.717) is 30.0 Å². The molecule has 3 aromatic heterocycles. The summed E-state index contributed by atoms with van der Waals surface area (Å²) in [5.41, 5.74) is 1.36. The van der Waals surface area contributed by atoms with Crippen LogP contribution in [0.4, 0.5) is 0 Å². The van der Waals surface area contributed by atoms with Crippen LogP contribution in [0.15, 0.2) is 60.0 Å². The lowest BCUT2D eigenvalue weighted by molar-refractivity contribution is 0.0692. The average Bonchev–Trinajstić information content (AvgIpc) is 3.17. The largest absolute Gasteiger partial charge is 0.335 e. The summed E-state index contributed by atoms with van der Waals surface area (Å²) in [5.74, 6) is -0.194. The highest BCUT2D eigenvalue weighted by Gasteiger charge is 2.33. The van der Waals surface area contributed by atoms with E-state index in [-0.39, 0.29) is 23.9 Å². The first-order valence-corrected chi connectivity index (χ1v) is 10.6. The Kier molecular flexibility index (Phi) is 5.12. The highest BCUT2D eigenvalue weighted by Crippen LogP contribution is 2.28. The van der Waals surface area contributed by atoms with Gasteiger partial charge in [-0.1, -0.05) is 6.07 Å². The predicted molar refractivity (Wildman–Crippen MR) is 105 cm³/mol. The van der Waals surface area contributed by atoms with Crippen LogP contribution in [0.5, 0.6) is 0 Å². The summed E-state index contributed by atoms with van der Waals surface area (Å²) in [6.07, 6.45) is 6.28. The Hall–Kier alpha value is -3.11. The Morgan fingerprint density at radius 2 is 1.83 bits per heavy atom. The molecule has 0 atom stereocenters. The number of piperazine rings is 1. The molecule has 0 bridgehead atoms. The highest BCUT2D eigenvalue weighted by molar-refractivity contribution is 7.89. The average molecular weight is 412 g/mol. The van der Waals surface area contributed by atoms with E-state index in [0.717, 1.165) is 0 Å². The normalized spacial score (nSPS) is 15.4. The lowest BCUT2D eigenvalue weighted by Crippen LogP contribution is -2.50. The number of carbonyl (C=O) groups is 1. The molecule has 3 aromatic rings. The van der Waals surface area contributed by atoms with Gasteiger partial charge < -0.3 is 4.90 Å². The molecule has 10 heteroatoms. The van der Waals surface area contributed by atoms with Gasteiger partial charge in [-0.25, -0.2) is 8.42 Å². The molecule has 29 heavy (non-hydrogen) atoms. The van der Waals surface area contributed by atoms with Gasteiger partial charge in [0, 0.05) is 63.6 Å². The van der Waals surface area contributed by atoms with E-state index in [4.69, 9.17) is 0 Å². The molecule has 0 N–H and O–H groups in total. The molecule has 0 radical (unpaired) electrons. The third kappa shape index (κ3) is 3.76. The van der Waals surface area contributed by atoms with Crippen LogP contribution >= 0.6 is 0 Å². The maximum atomic E-state index is 13.3. The van der Waals surface area contributed by atoms with Crippen LogP contribution in [-0.2, 0) is 17.1 Å². The standard InChI is InChI=1S/C19H20N6O3S/c1-23-14-17(18(22-23)15-5-4-7-20-13-15)29(27,28)25-11-9-24(10-12-25)19(26)16-6-2-3-8-21-16/h2-8,13-14H,9-12H2,1H3. The molecular formula is C19H20N6O3S. The van der Waals surface area contributed by atoms with Gasteiger partial charge >= 0.3 is 0 Å². The number of aromatic nitrogens is 4. The van der Waals surface area contributed by atoms with Crippen molar-refractivity contribution in [2.24, 2.45) is 7.05 Å². The minimum atomic E-state index is -3.77. The molecule has 4 rings (SSSR count). The minimum absolute atomic E-state index is 0.137. The molecule has 1 amide bonds. The van der Waals surface area contributed by atoms with E-state index in [1.165, 1.54) is 15.2 Å². The van der Waals surface area contributed by atoms with Crippen molar-refractivity contribution >= 4 is 15.9 Å². The number of hydrogen-bond donors (Lipinski definition) is 0. The molecule has 1 aliphatic rings. The Morgan fingerprint density at radius 1 is 1.03 bits per heavy atom. The summed E-state index contributed by atoms with van der Waals surface area (Å²) in [6, 6.07) is 8.67. The van der Waals surface area contributed by atoms with Gasteiger partial charge in [0.25, 0.3) is 5.91 Å². The van der Waals surface area contributed by atoms with Crippen molar-refractivity contribution in [1.82, 2.24) is 29.0 Å². The van der Waals surface area contributed by atoms with E-state index in [1.807, 2.05) is 0 Å². The molecule has 1 saturated heterocycles. The molecule has 4 heterocycles. The molecule has 150 valence electrons. The van der Waals surface area contributed by atoms with Crippen LogP contribution in [0.3, 0.4) is 0 Å². The molecule has 9 nitrogen and oxygen atoms in total. The summed E-state index contributed by atoms with van der Waals surface area (Å²) < 4.78 is 29.4. The number of nitrogens with zero attached hydrogens (tertiary/aromatic N) is 6. The fraction of sp³-hybridized carbons (Fsp3) is 0.263. The van der Waals surface area contributed by atoms with Crippen LogP contribution in [0.1, 0.15) is 10.5 Å². The number of rotatable bonds is 4. The van der Waals surface area contributed by atoms with Gasteiger partial charge in [0.05, 0.1) is 0 Å². The van der Waals surface area contributed by atoms with E-state index in [1.54, 1.807) is 60.9 Å². The first-order chi connectivity index (χ1) is 14.0. The monoisotopic (exact) mass is 412 g/mol. The first-order valence-electron chi connectivity index (χ1n) is 9.11. The number of sulfonamides is 1. The van der Waals surface area contributed by atoms with E-state index < -0.39 is 10.0 Å². The Morgan fingerprint density at radius 3 is 2.48 bits per heavy atom. The number of aryl methyl sites for hydroxylation is 1. The van der Waals surface area contributed by atoms with Crippen molar-refractivity contribution in [3.8, 4) is 11.3 Å². The van der Waals surface area contributed by atoms with Crippen LogP contribution in [0.25, 0.3) is 11.3 Å². The van der Waals surface area contributed by atoms with Gasteiger partial charge in [-0.3, -0.25) is 19.4 Å². The van der Waals surface area contributed by atoms with Gasteiger partial charge in [0.2, 0.25) is 10.0 Å². The second-order valence-electron chi connectivity index (χ2n) is 6.67. The van der Waals surface area contributed by atoms with E-state index in [2.05, 4.69) is 15.1 Å². The van der Waals surface area contributed by atoms with Crippen LogP contribution < -0.4 is 0 Å². The third-order valence-electron chi connectivity index (χ3n) is 4.76. The first kappa shape index (κ1) is 19.2. The molecular weight excluding hydrogens is 392 g/mol. The molecule has 0 spiro atoms. The smallest absolute Gasteiger partial charge is 0.272 e. The van der Waals surface area contributed by atoms with Gasteiger partial charge in [-0.2, -0.15) is 9.40 Å². The van der Waals surface area contributed by atoms with E-state index in [9.17, 15) is 13.2 Å². The molecule has 0 unspecified atom stereocenters. The minimum Gasteiger partial charge on any atom is -0.335 e. The zero-order chi connectivity index (χ0) is 20.4. The third-order valence-corrected chi connectivity index (χ3v) is 6.66. The topological polar surface area (TPSA) is 101 Å². The number of hydrogen-bond acceptors (Lipinski definition) is 6.